The summed E-state index contributed by atoms with van der Waals surface area (Å²) in [4.78, 5) is 13.6. The van der Waals surface area contributed by atoms with Crippen molar-refractivity contribution in [2.75, 3.05) is 0 Å². The molecule has 4 nitrogen and oxygen atoms in total. The van der Waals surface area contributed by atoms with Crippen LogP contribution >= 0.6 is 11.3 Å². The Balaban J connectivity index is 1.41. The normalized spacial score (nSPS) is 24.0. The van der Waals surface area contributed by atoms with E-state index in [1.54, 1.807) is 11.3 Å². The summed E-state index contributed by atoms with van der Waals surface area (Å²) in [6.45, 7) is 0. The van der Waals surface area contributed by atoms with Crippen molar-refractivity contribution in [2.45, 2.75) is 37.5 Å². The first-order valence-electron chi connectivity index (χ1n) is 8.08. The summed E-state index contributed by atoms with van der Waals surface area (Å²) < 4.78 is 0. The summed E-state index contributed by atoms with van der Waals surface area (Å²) in [7, 11) is 0. The van der Waals surface area contributed by atoms with E-state index in [-0.39, 0.29) is 18.1 Å². The minimum absolute atomic E-state index is 0.0934. The van der Waals surface area contributed by atoms with Crippen molar-refractivity contribution in [3.63, 3.8) is 0 Å². The summed E-state index contributed by atoms with van der Waals surface area (Å²) in [5, 5.41) is 18.5. The highest BCUT2D eigenvalue weighted by atomic mass is 32.1. The predicted molar refractivity (Wildman–Crippen MR) is 90.3 cm³/mol. The van der Waals surface area contributed by atoms with E-state index in [9.17, 15) is 9.90 Å². The van der Waals surface area contributed by atoms with Gasteiger partial charge in [-0.2, -0.15) is 0 Å². The van der Waals surface area contributed by atoms with Gasteiger partial charge in [0.15, 0.2) is 0 Å². The zero-order valence-corrected chi connectivity index (χ0v) is 13.6. The van der Waals surface area contributed by atoms with Crippen LogP contribution in [0.1, 0.15) is 41.0 Å². The van der Waals surface area contributed by atoms with Crippen LogP contribution in [0.15, 0.2) is 41.8 Å². The molecule has 1 fully saturated rings. The van der Waals surface area contributed by atoms with E-state index in [4.69, 9.17) is 0 Å². The van der Waals surface area contributed by atoms with Crippen LogP contribution in [-0.2, 0) is 6.42 Å². The lowest BCUT2D eigenvalue weighted by molar-refractivity contribution is 0.142. The number of rotatable bonds is 4. The van der Waals surface area contributed by atoms with Gasteiger partial charge in [-0.15, -0.1) is 11.3 Å². The zero-order chi connectivity index (χ0) is 15.8. The maximum absolute atomic E-state index is 12.4. The van der Waals surface area contributed by atoms with Crippen molar-refractivity contribution in [2.24, 2.45) is 5.92 Å². The third kappa shape index (κ3) is 2.99. The molecule has 1 aromatic heterocycles. The Bertz CT molecular complexity index is 697. The maximum Gasteiger partial charge on any atom is 0.315 e. The van der Waals surface area contributed by atoms with Gasteiger partial charge in [0.2, 0.25) is 0 Å². The Morgan fingerprint density at radius 3 is 2.74 bits per heavy atom. The van der Waals surface area contributed by atoms with Crippen LogP contribution in [0.3, 0.4) is 0 Å². The average molecular weight is 328 g/mol. The monoisotopic (exact) mass is 328 g/mol. The Morgan fingerprint density at radius 2 is 2.04 bits per heavy atom. The summed E-state index contributed by atoms with van der Waals surface area (Å²) in [6, 6.07) is 11.6. The number of aliphatic hydroxyl groups is 1. The SMILES string of the molecule is O=C(NC(c1cccs1)C1CC1)N[C@H]1Cc2ccccc2[C@@H]1O. The number of nitrogens with one attached hydrogen (secondary N) is 2. The second-order valence-electron chi connectivity index (χ2n) is 6.40. The van der Waals surface area contributed by atoms with Gasteiger partial charge in [0, 0.05) is 4.88 Å². The molecule has 2 aromatic rings. The molecule has 0 bridgehead atoms. The predicted octanol–water partition coefficient (Wildman–Crippen LogP) is 3.16. The van der Waals surface area contributed by atoms with E-state index >= 15 is 0 Å². The molecule has 3 N–H and O–H groups in total. The first-order valence-corrected chi connectivity index (χ1v) is 8.96. The number of carbonyl (C=O) groups is 1. The third-order valence-corrected chi connectivity index (χ3v) is 5.70. The van der Waals surface area contributed by atoms with Crippen molar-refractivity contribution < 1.29 is 9.90 Å². The lowest BCUT2D eigenvalue weighted by Gasteiger charge is -2.21. The second kappa shape index (κ2) is 5.98. The average Bonchev–Trinajstić information content (AvgIpc) is 3.15. The number of amides is 2. The van der Waals surface area contributed by atoms with Gasteiger partial charge in [-0.05, 0) is 47.8 Å². The van der Waals surface area contributed by atoms with Crippen LogP contribution in [0.2, 0.25) is 0 Å². The van der Waals surface area contributed by atoms with Crippen molar-refractivity contribution in [1.29, 1.82) is 0 Å². The summed E-state index contributed by atoms with van der Waals surface area (Å²) in [5.41, 5.74) is 2.04. The third-order valence-electron chi connectivity index (χ3n) is 4.74. The Hall–Kier alpha value is -1.85. The molecule has 120 valence electrons. The number of aliphatic hydroxyl groups excluding tert-OH is 1. The Morgan fingerprint density at radius 1 is 1.22 bits per heavy atom. The molecule has 1 saturated carbocycles. The highest BCUT2D eigenvalue weighted by molar-refractivity contribution is 7.10. The minimum Gasteiger partial charge on any atom is -0.386 e. The molecule has 4 rings (SSSR count). The van der Waals surface area contributed by atoms with Crippen molar-refractivity contribution in [3.8, 4) is 0 Å². The smallest absolute Gasteiger partial charge is 0.315 e. The van der Waals surface area contributed by atoms with Crippen LogP contribution in [0.4, 0.5) is 4.79 Å². The largest absolute Gasteiger partial charge is 0.386 e. The highest BCUT2D eigenvalue weighted by Gasteiger charge is 2.36. The van der Waals surface area contributed by atoms with Crippen LogP contribution in [0.5, 0.6) is 0 Å². The number of thiophene rings is 1. The number of hydrogen-bond acceptors (Lipinski definition) is 3. The molecule has 0 aliphatic heterocycles. The van der Waals surface area contributed by atoms with Crippen molar-refractivity contribution >= 4 is 17.4 Å². The van der Waals surface area contributed by atoms with Gasteiger partial charge in [0.05, 0.1) is 18.2 Å². The lowest BCUT2D eigenvalue weighted by Crippen LogP contribution is -2.45. The van der Waals surface area contributed by atoms with E-state index in [1.807, 2.05) is 35.7 Å². The van der Waals surface area contributed by atoms with E-state index in [2.05, 4.69) is 16.7 Å². The molecule has 1 aromatic carbocycles. The molecule has 1 unspecified atom stereocenters. The summed E-state index contributed by atoms with van der Waals surface area (Å²) >= 11 is 1.68. The van der Waals surface area contributed by atoms with Gasteiger partial charge in [-0.25, -0.2) is 4.79 Å². The molecular formula is C18H20N2O2S. The Labute approximate surface area is 139 Å². The molecule has 0 radical (unpaired) electrons. The first-order chi connectivity index (χ1) is 11.2. The van der Waals surface area contributed by atoms with Gasteiger partial charge in [-0.1, -0.05) is 30.3 Å². The van der Waals surface area contributed by atoms with Gasteiger partial charge in [-0.3, -0.25) is 0 Å². The van der Waals surface area contributed by atoms with Gasteiger partial charge in [0.1, 0.15) is 0 Å². The number of benzene rings is 1. The molecule has 3 atom stereocenters. The van der Waals surface area contributed by atoms with Crippen molar-refractivity contribution in [1.82, 2.24) is 10.6 Å². The van der Waals surface area contributed by atoms with Crippen LogP contribution in [0.25, 0.3) is 0 Å². The van der Waals surface area contributed by atoms with E-state index in [0.717, 1.165) is 11.1 Å². The fourth-order valence-electron chi connectivity index (χ4n) is 3.37. The molecule has 23 heavy (non-hydrogen) atoms. The molecule has 2 amide bonds. The minimum atomic E-state index is -0.627. The van der Waals surface area contributed by atoms with E-state index < -0.39 is 6.10 Å². The maximum atomic E-state index is 12.4. The molecule has 2 aliphatic rings. The molecule has 5 heteroatoms. The fraction of sp³-hybridized carbons (Fsp3) is 0.389. The topological polar surface area (TPSA) is 61.4 Å². The highest BCUT2D eigenvalue weighted by Crippen LogP contribution is 2.42. The number of urea groups is 1. The molecule has 0 spiro atoms. The molecular weight excluding hydrogens is 308 g/mol. The van der Waals surface area contributed by atoms with Crippen molar-refractivity contribution in [3.05, 3.63) is 57.8 Å². The summed E-state index contributed by atoms with van der Waals surface area (Å²) in [6.07, 6.45) is 2.39. The Kier molecular flexibility index (Phi) is 3.83. The molecule has 0 saturated heterocycles. The van der Waals surface area contributed by atoms with Gasteiger partial charge in [0.25, 0.3) is 0 Å². The van der Waals surface area contributed by atoms with Crippen LogP contribution in [-0.4, -0.2) is 17.2 Å². The molecule has 2 aliphatic carbocycles. The lowest BCUT2D eigenvalue weighted by atomic mass is 10.1. The van der Waals surface area contributed by atoms with Crippen LogP contribution < -0.4 is 10.6 Å². The number of hydrogen-bond donors (Lipinski definition) is 3. The zero-order valence-electron chi connectivity index (χ0n) is 12.7. The molecule has 1 heterocycles. The fourth-order valence-corrected chi connectivity index (χ4v) is 4.24. The number of fused-ring (bicyclic) bond motifs is 1. The van der Waals surface area contributed by atoms with E-state index in [1.165, 1.54) is 17.7 Å². The van der Waals surface area contributed by atoms with Gasteiger partial charge < -0.3 is 15.7 Å². The van der Waals surface area contributed by atoms with Crippen LogP contribution in [0, 0.1) is 5.92 Å². The quantitative estimate of drug-likeness (QED) is 0.807. The first kappa shape index (κ1) is 14.7. The second-order valence-corrected chi connectivity index (χ2v) is 7.38. The summed E-state index contributed by atoms with van der Waals surface area (Å²) in [5.74, 6) is 0.546. The standard InChI is InChI=1S/C18H20N2O2S/c21-17-13-5-2-1-4-12(13)10-14(17)19-18(22)20-16(11-7-8-11)15-6-3-9-23-15/h1-6,9,11,14,16-17,21H,7-8,10H2,(H2,19,20,22)/t14-,16?,17-/m0/s1. The van der Waals surface area contributed by atoms with Gasteiger partial charge >= 0.3 is 6.03 Å². The van der Waals surface area contributed by atoms with E-state index in [0.29, 0.717) is 12.3 Å². The number of carbonyl (C=O) groups excluding carboxylic acids is 1.